The second-order valence-corrected chi connectivity index (χ2v) is 6.86. The molecule has 0 radical (unpaired) electrons. The minimum atomic E-state index is -0.159. The summed E-state index contributed by atoms with van der Waals surface area (Å²) in [7, 11) is 0. The van der Waals surface area contributed by atoms with Gasteiger partial charge in [0, 0.05) is 37.8 Å². The van der Waals surface area contributed by atoms with Gasteiger partial charge in [0.15, 0.2) is 0 Å². The summed E-state index contributed by atoms with van der Waals surface area (Å²) in [4.78, 5) is 2.36. The fourth-order valence-corrected chi connectivity index (χ4v) is 3.88. The molecule has 2 aliphatic rings. The minimum Gasteiger partial charge on any atom is -0.371 e. The Kier molecular flexibility index (Phi) is 4.22. The predicted octanol–water partition coefficient (Wildman–Crippen LogP) is 2.43. The zero-order valence-corrected chi connectivity index (χ0v) is 14.1. The molecule has 1 N–H and O–H groups in total. The number of fused-ring (bicyclic) bond motifs is 1. The van der Waals surface area contributed by atoms with E-state index in [2.05, 4.69) is 25.0 Å². The van der Waals surface area contributed by atoms with Crippen LogP contribution in [0.25, 0.3) is 0 Å². The number of rotatable bonds is 4. The molecule has 24 heavy (non-hydrogen) atoms. The molecule has 0 unspecified atom stereocenters. The quantitative estimate of drug-likeness (QED) is 0.936. The van der Waals surface area contributed by atoms with Gasteiger partial charge in [0.25, 0.3) is 0 Å². The zero-order chi connectivity index (χ0) is 16.5. The van der Waals surface area contributed by atoms with E-state index in [1.165, 1.54) is 6.42 Å². The topological polar surface area (TPSA) is 46.0 Å². The molecule has 128 valence electrons. The maximum atomic E-state index is 13.3. The number of benzene rings is 1. The molecule has 0 bridgehead atoms. The Morgan fingerprint density at radius 1 is 1.21 bits per heavy atom. The average Bonchev–Trinajstić information content (AvgIpc) is 3.18. The van der Waals surface area contributed by atoms with E-state index in [0.717, 1.165) is 68.3 Å². The van der Waals surface area contributed by atoms with Crippen LogP contribution in [-0.4, -0.2) is 33.9 Å². The minimum absolute atomic E-state index is 0.159. The van der Waals surface area contributed by atoms with Crippen molar-refractivity contribution < 1.29 is 4.39 Å². The molecule has 5 nitrogen and oxygen atoms in total. The zero-order valence-electron chi connectivity index (χ0n) is 14.1. The number of aryl methyl sites for hydroxylation is 2. The van der Waals surface area contributed by atoms with Crippen molar-refractivity contribution in [3.63, 3.8) is 0 Å². The van der Waals surface area contributed by atoms with E-state index in [1.54, 1.807) is 12.1 Å². The first-order valence-electron chi connectivity index (χ1n) is 8.86. The van der Waals surface area contributed by atoms with Crippen LogP contribution in [0.15, 0.2) is 18.2 Å². The van der Waals surface area contributed by atoms with Gasteiger partial charge in [-0.3, -0.25) is 0 Å². The maximum absolute atomic E-state index is 13.3. The van der Waals surface area contributed by atoms with Crippen molar-refractivity contribution in [3.8, 4) is 0 Å². The molecule has 4 rings (SSSR count). The summed E-state index contributed by atoms with van der Waals surface area (Å²) in [5, 5.41) is 12.2. The first-order chi connectivity index (χ1) is 11.7. The Labute approximate surface area is 141 Å². The number of anilines is 1. The molecule has 0 spiro atoms. The highest BCUT2D eigenvalue weighted by Crippen LogP contribution is 2.24. The lowest BCUT2D eigenvalue weighted by atomic mass is 10.0. The molecular weight excluding hydrogens is 305 g/mol. The van der Waals surface area contributed by atoms with Crippen molar-refractivity contribution >= 4 is 5.69 Å². The predicted molar refractivity (Wildman–Crippen MR) is 91.6 cm³/mol. The van der Waals surface area contributed by atoms with E-state index in [9.17, 15) is 4.39 Å². The summed E-state index contributed by atoms with van der Waals surface area (Å²) in [5.74, 6) is 2.04. The Bertz CT molecular complexity index is 718. The van der Waals surface area contributed by atoms with Gasteiger partial charge in [0.05, 0.1) is 6.54 Å². The normalized spacial score (nSPS) is 18.2. The van der Waals surface area contributed by atoms with Crippen molar-refractivity contribution in [1.82, 2.24) is 20.1 Å². The van der Waals surface area contributed by atoms with Crippen LogP contribution in [-0.2, 0) is 19.5 Å². The fraction of sp³-hybridized carbons (Fsp3) is 0.556. The van der Waals surface area contributed by atoms with E-state index in [4.69, 9.17) is 0 Å². The van der Waals surface area contributed by atoms with Crippen molar-refractivity contribution in [2.75, 3.05) is 18.0 Å². The molecule has 0 aliphatic carbocycles. The van der Waals surface area contributed by atoms with Gasteiger partial charge in [-0.05, 0) is 49.9 Å². The van der Waals surface area contributed by atoms with Crippen LogP contribution >= 0.6 is 0 Å². The highest BCUT2D eigenvalue weighted by Gasteiger charge is 2.22. The van der Waals surface area contributed by atoms with E-state index in [1.807, 2.05) is 13.0 Å². The number of halogens is 1. The number of hydrogen-bond acceptors (Lipinski definition) is 4. The molecule has 6 heteroatoms. The molecule has 1 aromatic carbocycles. The van der Waals surface area contributed by atoms with E-state index in [0.29, 0.717) is 6.04 Å². The number of hydrogen-bond donors (Lipinski definition) is 1. The van der Waals surface area contributed by atoms with Crippen molar-refractivity contribution in [1.29, 1.82) is 0 Å². The van der Waals surface area contributed by atoms with Gasteiger partial charge in [-0.2, -0.15) is 0 Å². The third-order valence-electron chi connectivity index (χ3n) is 5.23. The maximum Gasteiger partial charge on any atom is 0.147 e. The standard InChI is InChI=1S/C18H24FN5/c1-13-11-14(19)4-5-16(13)23-9-6-15(7-10-23)20-12-18-22-21-17-3-2-8-24(17)18/h4-5,11,15,20H,2-3,6-10,12H2,1H3. The van der Waals surface area contributed by atoms with E-state index in [-0.39, 0.29) is 5.82 Å². The van der Waals surface area contributed by atoms with Crippen LogP contribution < -0.4 is 10.2 Å². The van der Waals surface area contributed by atoms with Gasteiger partial charge in [-0.15, -0.1) is 10.2 Å². The van der Waals surface area contributed by atoms with Crippen molar-refractivity contribution in [2.24, 2.45) is 0 Å². The second kappa shape index (κ2) is 6.51. The average molecular weight is 329 g/mol. The van der Waals surface area contributed by atoms with Gasteiger partial charge in [-0.25, -0.2) is 4.39 Å². The van der Waals surface area contributed by atoms with E-state index < -0.39 is 0 Å². The molecular formula is C18H24FN5. The van der Waals surface area contributed by atoms with Crippen LogP contribution in [0.5, 0.6) is 0 Å². The van der Waals surface area contributed by atoms with Gasteiger partial charge < -0.3 is 14.8 Å². The monoisotopic (exact) mass is 329 g/mol. The van der Waals surface area contributed by atoms with Gasteiger partial charge >= 0.3 is 0 Å². The summed E-state index contributed by atoms with van der Waals surface area (Å²) in [6.45, 7) is 5.84. The fourth-order valence-electron chi connectivity index (χ4n) is 3.88. The van der Waals surface area contributed by atoms with Crippen LogP contribution in [0.1, 0.15) is 36.5 Å². The van der Waals surface area contributed by atoms with Crippen LogP contribution in [0.2, 0.25) is 0 Å². The lowest BCUT2D eigenvalue weighted by molar-refractivity contribution is 0.405. The molecule has 0 atom stereocenters. The molecule has 1 saturated heterocycles. The van der Waals surface area contributed by atoms with Crippen molar-refractivity contribution in [3.05, 3.63) is 41.2 Å². The molecule has 2 aliphatic heterocycles. The number of nitrogens with zero attached hydrogens (tertiary/aromatic N) is 4. The van der Waals surface area contributed by atoms with E-state index >= 15 is 0 Å². The first kappa shape index (κ1) is 15.6. The summed E-state index contributed by atoms with van der Waals surface area (Å²) < 4.78 is 15.5. The smallest absolute Gasteiger partial charge is 0.147 e. The Morgan fingerprint density at radius 3 is 2.83 bits per heavy atom. The lowest BCUT2D eigenvalue weighted by Crippen LogP contribution is -2.42. The molecule has 2 aromatic rings. The second-order valence-electron chi connectivity index (χ2n) is 6.86. The lowest BCUT2D eigenvalue weighted by Gasteiger charge is -2.34. The van der Waals surface area contributed by atoms with Crippen LogP contribution in [0.4, 0.5) is 10.1 Å². The number of nitrogens with one attached hydrogen (secondary N) is 1. The molecule has 3 heterocycles. The van der Waals surface area contributed by atoms with Gasteiger partial charge in [0.1, 0.15) is 17.5 Å². The SMILES string of the molecule is Cc1cc(F)ccc1N1CCC(NCc2nnc3n2CCC3)CC1. The molecule has 0 amide bonds. The van der Waals surface area contributed by atoms with Crippen molar-refractivity contribution in [2.45, 2.75) is 51.7 Å². The Balaban J connectivity index is 1.31. The van der Waals surface area contributed by atoms with Crippen LogP contribution in [0, 0.1) is 12.7 Å². The summed E-state index contributed by atoms with van der Waals surface area (Å²) in [5.41, 5.74) is 2.17. The highest BCUT2D eigenvalue weighted by atomic mass is 19.1. The van der Waals surface area contributed by atoms with Crippen LogP contribution in [0.3, 0.4) is 0 Å². The highest BCUT2D eigenvalue weighted by molar-refractivity contribution is 5.53. The summed E-state index contributed by atoms with van der Waals surface area (Å²) in [6.07, 6.45) is 4.44. The summed E-state index contributed by atoms with van der Waals surface area (Å²) in [6, 6.07) is 5.58. The largest absolute Gasteiger partial charge is 0.371 e. The molecule has 1 aromatic heterocycles. The summed E-state index contributed by atoms with van der Waals surface area (Å²) >= 11 is 0. The number of aromatic nitrogens is 3. The van der Waals surface area contributed by atoms with Gasteiger partial charge in [0.2, 0.25) is 0 Å². The molecule has 0 saturated carbocycles. The number of piperidine rings is 1. The molecule has 1 fully saturated rings. The Morgan fingerprint density at radius 2 is 2.04 bits per heavy atom. The third kappa shape index (κ3) is 3.02. The Hall–Kier alpha value is -1.95. The van der Waals surface area contributed by atoms with Gasteiger partial charge in [-0.1, -0.05) is 0 Å². The first-order valence-corrected chi connectivity index (χ1v) is 8.86. The third-order valence-corrected chi connectivity index (χ3v) is 5.23.